The highest BCUT2D eigenvalue weighted by atomic mass is 32.2. The van der Waals surface area contributed by atoms with Crippen molar-refractivity contribution in [1.82, 2.24) is 19.5 Å². The summed E-state index contributed by atoms with van der Waals surface area (Å²) in [5.41, 5.74) is 6.89. The Labute approximate surface area is 124 Å². The van der Waals surface area contributed by atoms with E-state index in [9.17, 15) is 10.2 Å². The number of aliphatic hydroxyl groups is 2. The van der Waals surface area contributed by atoms with Crippen molar-refractivity contribution in [1.29, 1.82) is 0 Å². The Morgan fingerprint density at radius 3 is 2.95 bits per heavy atom. The molecule has 2 aromatic rings. The first-order valence-electron chi connectivity index (χ1n) is 6.69. The van der Waals surface area contributed by atoms with Crippen molar-refractivity contribution in [2.75, 3.05) is 18.1 Å². The normalized spacial score (nSPS) is 35.4. The van der Waals surface area contributed by atoms with E-state index in [0.29, 0.717) is 17.0 Å². The second-order valence-corrected chi connectivity index (χ2v) is 6.75. The molecule has 0 aromatic carbocycles. The van der Waals surface area contributed by atoms with E-state index in [1.165, 1.54) is 6.33 Å². The molecule has 112 valence electrons. The van der Waals surface area contributed by atoms with Crippen molar-refractivity contribution in [3.63, 3.8) is 0 Å². The molecule has 0 radical (unpaired) electrons. The summed E-state index contributed by atoms with van der Waals surface area (Å²) in [4.78, 5) is 12.4. The van der Waals surface area contributed by atoms with Crippen LogP contribution in [0.15, 0.2) is 12.7 Å². The van der Waals surface area contributed by atoms with Gasteiger partial charge in [0.05, 0.1) is 17.7 Å². The van der Waals surface area contributed by atoms with Crippen molar-refractivity contribution >= 4 is 28.7 Å². The minimum atomic E-state index is -0.720. The van der Waals surface area contributed by atoms with Gasteiger partial charge in [0.1, 0.15) is 24.1 Å². The number of hydrogen-bond acceptors (Lipinski definition) is 8. The van der Waals surface area contributed by atoms with Gasteiger partial charge in [-0.2, -0.15) is 0 Å². The molecule has 4 heterocycles. The molecule has 2 aromatic heterocycles. The summed E-state index contributed by atoms with van der Waals surface area (Å²) >= 11 is 1.65. The van der Waals surface area contributed by atoms with Crippen LogP contribution in [-0.2, 0) is 4.74 Å². The maximum Gasteiger partial charge on any atom is 0.167 e. The van der Waals surface area contributed by atoms with Crippen LogP contribution < -0.4 is 5.73 Å². The summed E-state index contributed by atoms with van der Waals surface area (Å²) in [5, 5.41) is 19.9. The highest BCUT2D eigenvalue weighted by Crippen LogP contribution is 2.57. The third-order valence-electron chi connectivity index (χ3n) is 4.26. The van der Waals surface area contributed by atoms with Gasteiger partial charge in [-0.15, -0.1) is 11.8 Å². The van der Waals surface area contributed by atoms with E-state index in [1.54, 1.807) is 22.7 Å². The zero-order valence-corrected chi connectivity index (χ0v) is 11.9. The van der Waals surface area contributed by atoms with Crippen molar-refractivity contribution in [2.24, 2.45) is 0 Å². The van der Waals surface area contributed by atoms with Gasteiger partial charge in [-0.1, -0.05) is 0 Å². The molecule has 0 aliphatic carbocycles. The van der Waals surface area contributed by atoms with Gasteiger partial charge in [0, 0.05) is 0 Å². The lowest BCUT2D eigenvalue weighted by molar-refractivity contribution is -0.0444. The maximum absolute atomic E-state index is 10.5. The first kappa shape index (κ1) is 13.3. The lowest BCUT2D eigenvalue weighted by atomic mass is 9.94. The van der Waals surface area contributed by atoms with E-state index in [-0.39, 0.29) is 6.61 Å². The van der Waals surface area contributed by atoms with Gasteiger partial charge in [-0.05, 0) is 12.2 Å². The molecule has 1 spiro atoms. The van der Waals surface area contributed by atoms with Crippen LogP contribution in [0.1, 0.15) is 12.6 Å². The zero-order chi connectivity index (χ0) is 14.6. The van der Waals surface area contributed by atoms with Gasteiger partial charge in [0.2, 0.25) is 0 Å². The summed E-state index contributed by atoms with van der Waals surface area (Å²) < 4.78 is 7.19. The molecule has 8 nitrogen and oxygen atoms in total. The number of imidazole rings is 1. The zero-order valence-electron chi connectivity index (χ0n) is 11.1. The van der Waals surface area contributed by atoms with E-state index < -0.39 is 23.2 Å². The number of anilines is 1. The Kier molecular flexibility index (Phi) is 2.86. The maximum atomic E-state index is 10.5. The van der Waals surface area contributed by atoms with Crippen LogP contribution >= 0.6 is 11.8 Å². The Hall–Kier alpha value is -1.42. The fourth-order valence-corrected chi connectivity index (χ4v) is 4.38. The summed E-state index contributed by atoms with van der Waals surface area (Å²) in [6.45, 7) is -0.219. The quantitative estimate of drug-likeness (QED) is 0.681. The van der Waals surface area contributed by atoms with Crippen molar-refractivity contribution in [3.05, 3.63) is 12.7 Å². The number of aliphatic hydroxyl groups excluding tert-OH is 2. The van der Waals surface area contributed by atoms with Crippen molar-refractivity contribution < 1.29 is 14.9 Å². The van der Waals surface area contributed by atoms with E-state index in [2.05, 4.69) is 15.0 Å². The van der Waals surface area contributed by atoms with E-state index in [4.69, 9.17) is 10.5 Å². The fourth-order valence-electron chi connectivity index (χ4n) is 3.07. The van der Waals surface area contributed by atoms with E-state index in [1.807, 2.05) is 0 Å². The van der Waals surface area contributed by atoms with Crippen LogP contribution in [0.5, 0.6) is 0 Å². The smallest absolute Gasteiger partial charge is 0.167 e. The Morgan fingerprint density at radius 2 is 2.29 bits per heavy atom. The van der Waals surface area contributed by atoms with Gasteiger partial charge in [0.15, 0.2) is 17.7 Å². The molecule has 2 aliphatic heterocycles. The number of thioether (sulfide) groups is 1. The molecule has 0 bridgehead atoms. The minimum Gasteiger partial charge on any atom is -0.394 e. The van der Waals surface area contributed by atoms with Crippen molar-refractivity contribution in [3.8, 4) is 0 Å². The van der Waals surface area contributed by atoms with Gasteiger partial charge < -0.3 is 20.7 Å². The van der Waals surface area contributed by atoms with Crippen molar-refractivity contribution in [2.45, 2.75) is 29.6 Å². The van der Waals surface area contributed by atoms with E-state index >= 15 is 0 Å². The van der Waals surface area contributed by atoms with Crippen LogP contribution in [0.3, 0.4) is 0 Å². The number of fused-ring (bicyclic) bond motifs is 1. The van der Waals surface area contributed by atoms with Crippen LogP contribution in [0.25, 0.3) is 11.2 Å². The van der Waals surface area contributed by atoms with Gasteiger partial charge in [0.25, 0.3) is 0 Å². The Bertz CT molecular complexity index is 689. The fraction of sp³-hybridized carbons (Fsp3) is 0.583. The summed E-state index contributed by atoms with van der Waals surface area (Å²) in [7, 11) is 0. The standard InChI is InChI=1S/C12H15N5O3S/c13-9-7-10(15-4-14-9)17(5-16-7)11-12(1-2-21-12)8(19)6(3-18)20-11/h4-6,8,11,18-19H,1-3H2,(H2,13,14,15)/t6-,8-,11-,12-/m1/s1. The monoisotopic (exact) mass is 309 g/mol. The molecule has 2 fully saturated rings. The summed E-state index contributed by atoms with van der Waals surface area (Å²) in [6, 6.07) is 0. The number of ether oxygens (including phenoxy) is 1. The van der Waals surface area contributed by atoms with Crippen LogP contribution in [-0.4, -0.2) is 59.0 Å². The number of rotatable bonds is 2. The number of aromatic nitrogens is 4. The lowest BCUT2D eigenvalue weighted by Gasteiger charge is -2.43. The lowest BCUT2D eigenvalue weighted by Crippen LogP contribution is -2.50. The second-order valence-electron chi connectivity index (χ2n) is 5.29. The molecule has 0 saturated carbocycles. The Balaban J connectivity index is 1.82. The van der Waals surface area contributed by atoms with Crippen LogP contribution in [0.2, 0.25) is 0 Å². The molecule has 4 rings (SSSR count). The minimum absolute atomic E-state index is 0.219. The second kappa shape index (κ2) is 4.54. The topological polar surface area (TPSA) is 119 Å². The molecule has 2 aliphatic rings. The molecular weight excluding hydrogens is 294 g/mol. The largest absolute Gasteiger partial charge is 0.394 e. The number of hydrogen-bond donors (Lipinski definition) is 3. The Morgan fingerprint density at radius 1 is 1.48 bits per heavy atom. The van der Waals surface area contributed by atoms with Gasteiger partial charge in [-0.25, -0.2) is 15.0 Å². The first-order valence-corrected chi connectivity index (χ1v) is 7.67. The SMILES string of the molecule is Nc1ncnc2c1ncn2[C@@H]1O[C@H](CO)[C@@H](O)[C@]12CCS2. The number of nitrogens with two attached hydrogens (primary N) is 1. The average Bonchev–Trinajstić information content (AvgIpc) is 2.97. The average molecular weight is 309 g/mol. The van der Waals surface area contributed by atoms with Gasteiger partial charge in [-0.3, -0.25) is 4.57 Å². The van der Waals surface area contributed by atoms with Crippen LogP contribution in [0, 0.1) is 0 Å². The third-order valence-corrected chi connectivity index (χ3v) is 5.85. The van der Waals surface area contributed by atoms with Crippen LogP contribution in [0.4, 0.5) is 5.82 Å². The molecular formula is C12H15N5O3S. The van der Waals surface area contributed by atoms with E-state index in [0.717, 1.165) is 12.2 Å². The number of nitrogen functional groups attached to an aromatic ring is 1. The molecule has 4 N–H and O–H groups in total. The first-order chi connectivity index (χ1) is 10.2. The molecule has 0 amide bonds. The molecule has 2 saturated heterocycles. The summed E-state index contributed by atoms with van der Waals surface area (Å²) in [6.07, 6.45) is 2.06. The molecule has 4 atom stereocenters. The number of nitrogens with zero attached hydrogens (tertiary/aromatic N) is 4. The molecule has 21 heavy (non-hydrogen) atoms. The predicted octanol–water partition coefficient (Wildman–Crippen LogP) is -0.465. The molecule has 9 heteroatoms. The predicted molar refractivity (Wildman–Crippen MR) is 76.5 cm³/mol. The highest BCUT2D eigenvalue weighted by Gasteiger charge is 2.60. The molecule has 0 unspecified atom stereocenters. The third kappa shape index (κ3) is 1.65. The summed E-state index contributed by atoms with van der Waals surface area (Å²) in [5.74, 6) is 1.27. The van der Waals surface area contributed by atoms with Gasteiger partial charge >= 0.3 is 0 Å². The highest BCUT2D eigenvalue weighted by molar-refractivity contribution is 8.02.